The molecule has 0 radical (unpaired) electrons. The first-order valence-electron chi connectivity index (χ1n) is 6.66. The van der Waals surface area contributed by atoms with Crippen molar-refractivity contribution in [2.24, 2.45) is 5.10 Å². The number of carbonyl (C=O) groups excluding carboxylic acids is 1. The van der Waals surface area contributed by atoms with E-state index in [1.54, 1.807) is 6.07 Å². The Morgan fingerprint density at radius 3 is 2.52 bits per heavy atom. The number of amides is 1. The highest BCUT2D eigenvalue weighted by atomic mass is 79.9. The summed E-state index contributed by atoms with van der Waals surface area (Å²) in [5.41, 5.74) is 7.31. The van der Waals surface area contributed by atoms with Crippen molar-refractivity contribution in [1.29, 1.82) is 0 Å². The molecule has 2 rings (SSSR count). The van der Waals surface area contributed by atoms with Crippen LogP contribution in [0.1, 0.15) is 34.0 Å². The summed E-state index contributed by atoms with van der Waals surface area (Å²) in [6.07, 6.45) is 0. The Hall–Kier alpha value is -1.94. The third-order valence-corrected chi connectivity index (χ3v) is 3.92. The lowest BCUT2D eigenvalue weighted by atomic mass is 10.0. The van der Waals surface area contributed by atoms with Gasteiger partial charge in [0.1, 0.15) is 0 Å². The van der Waals surface area contributed by atoms with E-state index in [-0.39, 0.29) is 5.91 Å². The minimum atomic E-state index is -0.230. The van der Waals surface area contributed by atoms with Crippen LogP contribution in [-0.2, 0) is 0 Å². The molecule has 4 heteroatoms. The SMILES string of the molecule is C/C(=N\NC(=O)c1ccccc1Br)c1cc(C)ccc1C. The molecule has 0 saturated heterocycles. The Bertz CT molecular complexity index is 708. The zero-order valence-electron chi connectivity index (χ0n) is 12.3. The molecule has 2 aromatic rings. The van der Waals surface area contributed by atoms with Gasteiger partial charge in [0.05, 0.1) is 11.3 Å². The number of halogens is 1. The van der Waals surface area contributed by atoms with E-state index in [0.29, 0.717) is 5.56 Å². The first kappa shape index (κ1) is 15.4. The van der Waals surface area contributed by atoms with Gasteiger partial charge < -0.3 is 0 Å². The average molecular weight is 345 g/mol. The molecule has 1 amide bonds. The van der Waals surface area contributed by atoms with Crippen molar-refractivity contribution >= 4 is 27.5 Å². The van der Waals surface area contributed by atoms with Gasteiger partial charge in [-0.2, -0.15) is 5.10 Å². The molecule has 108 valence electrons. The molecule has 2 aromatic carbocycles. The number of benzene rings is 2. The summed E-state index contributed by atoms with van der Waals surface area (Å²) >= 11 is 3.36. The number of nitrogens with one attached hydrogen (secondary N) is 1. The number of hydrogen-bond acceptors (Lipinski definition) is 2. The van der Waals surface area contributed by atoms with E-state index in [9.17, 15) is 4.79 Å². The number of hydrazone groups is 1. The van der Waals surface area contributed by atoms with Gasteiger partial charge in [-0.15, -0.1) is 0 Å². The van der Waals surface area contributed by atoms with Gasteiger partial charge in [0.2, 0.25) is 0 Å². The van der Waals surface area contributed by atoms with Gasteiger partial charge in [-0.1, -0.05) is 29.8 Å². The molecule has 3 nitrogen and oxygen atoms in total. The minimum Gasteiger partial charge on any atom is -0.267 e. The van der Waals surface area contributed by atoms with Gasteiger partial charge in [0, 0.05) is 10.0 Å². The number of hydrogen-bond donors (Lipinski definition) is 1. The summed E-state index contributed by atoms with van der Waals surface area (Å²) in [4.78, 5) is 12.1. The van der Waals surface area contributed by atoms with Crippen LogP contribution in [0.25, 0.3) is 0 Å². The molecule has 0 aliphatic heterocycles. The fourth-order valence-electron chi connectivity index (χ4n) is 2.03. The number of aryl methyl sites for hydroxylation is 2. The normalized spacial score (nSPS) is 11.3. The predicted molar refractivity (Wildman–Crippen MR) is 89.7 cm³/mol. The summed E-state index contributed by atoms with van der Waals surface area (Å²) in [7, 11) is 0. The first-order valence-corrected chi connectivity index (χ1v) is 7.45. The van der Waals surface area contributed by atoms with Crippen molar-refractivity contribution in [2.45, 2.75) is 20.8 Å². The number of carbonyl (C=O) groups is 1. The monoisotopic (exact) mass is 344 g/mol. The molecule has 0 saturated carbocycles. The van der Waals surface area contributed by atoms with Crippen LogP contribution in [0.3, 0.4) is 0 Å². The summed E-state index contributed by atoms with van der Waals surface area (Å²) in [5.74, 6) is -0.230. The zero-order chi connectivity index (χ0) is 15.4. The highest BCUT2D eigenvalue weighted by molar-refractivity contribution is 9.10. The van der Waals surface area contributed by atoms with Crippen molar-refractivity contribution in [3.63, 3.8) is 0 Å². The molecule has 0 atom stereocenters. The Labute approximate surface area is 133 Å². The van der Waals surface area contributed by atoms with E-state index in [0.717, 1.165) is 21.3 Å². The van der Waals surface area contributed by atoms with Gasteiger partial charge >= 0.3 is 0 Å². The fraction of sp³-hybridized carbons (Fsp3) is 0.176. The van der Waals surface area contributed by atoms with Crippen LogP contribution in [0, 0.1) is 13.8 Å². The average Bonchev–Trinajstić information content (AvgIpc) is 2.47. The molecular formula is C17H17BrN2O. The van der Waals surface area contributed by atoms with Gasteiger partial charge in [0.15, 0.2) is 0 Å². The highest BCUT2D eigenvalue weighted by Gasteiger charge is 2.09. The lowest BCUT2D eigenvalue weighted by Gasteiger charge is -2.08. The molecule has 0 heterocycles. The first-order chi connectivity index (χ1) is 9.99. The third-order valence-electron chi connectivity index (χ3n) is 3.23. The largest absolute Gasteiger partial charge is 0.272 e. The maximum Gasteiger partial charge on any atom is 0.272 e. The summed E-state index contributed by atoms with van der Waals surface area (Å²) in [6, 6.07) is 13.5. The highest BCUT2D eigenvalue weighted by Crippen LogP contribution is 2.16. The Balaban J connectivity index is 2.19. The third kappa shape index (κ3) is 3.79. The van der Waals surface area contributed by atoms with Crippen molar-refractivity contribution < 1.29 is 4.79 Å². The fourth-order valence-corrected chi connectivity index (χ4v) is 2.49. The van der Waals surface area contributed by atoms with Crippen LogP contribution >= 0.6 is 15.9 Å². The van der Waals surface area contributed by atoms with Gasteiger partial charge in [-0.3, -0.25) is 4.79 Å². The van der Waals surface area contributed by atoms with Crippen LogP contribution in [0.4, 0.5) is 0 Å². The number of nitrogens with zero attached hydrogens (tertiary/aromatic N) is 1. The van der Waals surface area contributed by atoms with Crippen LogP contribution in [0.2, 0.25) is 0 Å². The second-order valence-electron chi connectivity index (χ2n) is 4.94. The van der Waals surface area contributed by atoms with Crippen LogP contribution in [0.5, 0.6) is 0 Å². The smallest absolute Gasteiger partial charge is 0.267 e. The van der Waals surface area contributed by atoms with Crippen LogP contribution in [0.15, 0.2) is 52.0 Å². The second-order valence-corrected chi connectivity index (χ2v) is 5.79. The molecule has 0 aromatic heterocycles. The maximum absolute atomic E-state index is 12.1. The van der Waals surface area contributed by atoms with Crippen molar-refractivity contribution in [3.05, 3.63) is 69.2 Å². The van der Waals surface area contributed by atoms with E-state index in [4.69, 9.17) is 0 Å². The Kier molecular flexibility index (Phi) is 4.91. The Morgan fingerprint density at radius 2 is 1.81 bits per heavy atom. The quantitative estimate of drug-likeness (QED) is 0.657. The van der Waals surface area contributed by atoms with Crippen molar-refractivity contribution in [1.82, 2.24) is 5.43 Å². The molecule has 0 unspecified atom stereocenters. The van der Waals surface area contributed by atoms with E-state index in [1.807, 2.05) is 39.0 Å². The standard InChI is InChI=1S/C17H17BrN2O/c1-11-8-9-12(2)15(10-11)13(3)19-20-17(21)14-6-4-5-7-16(14)18/h4-10H,1-3H3,(H,20,21)/b19-13+. The molecule has 0 aliphatic carbocycles. The van der Waals surface area contributed by atoms with E-state index in [2.05, 4.69) is 44.7 Å². The maximum atomic E-state index is 12.1. The lowest BCUT2D eigenvalue weighted by Crippen LogP contribution is -2.20. The lowest BCUT2D eigenvalue weighted by molar-refractivity contribution is 0.0954. The summed E-state index contributed by atoms with van der Waals surface area (Å²) in [6.45, 7) is 5.96. The van der Waals surface area contributed by atoms with E-state index < -0.39 is 0 Å². The van der Waals surface area contributed by atoms with Crippen LogP contribution < -0.4 is 5.43 Å². The predicted octanol–water partition coefficient (Wildman–Crippen LogP) is 4.22. The molecule has 0 spiro atoms. The summed E-state index contributed by atoms with van der Waals surface area (Å²) < 4.78 is 0.752. The van der Waals surface area contributed by atoms with E-state index in [1.165, 1.54) is 5.56 Å². The Morgan fingerprint density at radius 1 is 1.10 bits per heavy atom. The minimum absolute atomic E-state index is 0.230. The van der Waals surface area contributed by atoms with Crippen molar-refractivity contribution in [2.75, 3.05) is 0 Å². The number of rotatable bonds is 3. The molecule has 21 heavy (non-hydrogen) atoms. The summed E-state index contributed by atoms with van der Waals surface area (Å²) in [5, 5.41) is 4.21. The second kappa shape index (κ2) is 6.68. The van der Waals surface area contributed by atoms with E-state index >= 15 is 0 Å². The van der Waals surface area contributed by atoms with Gasteiger partial charge in [-0.05, 0) is 60.5 Å². The molecule has 0 bridgehead atoms. The molecular weight excluding hydrogens is 328 g/mol. The van der Waals surface area contributed by atoms with Crippen LogP contribution in [-0.4, -0.2) is 11.6 Å². The topological polar surface area (TPSA) is 41.5 Å². The van der Waals surface area contributed by atoms with Gasteiger partial charge in [0.25, 0.3) is 5.91 Å². The molecule has 0 fully saturated rings. The van der Waals surface area contributed by atoms with Crippen molar-refractivity contribution in [3.8, 4) is 0 Å². The zero-order valence-corrected chi connectivity index (χ0v) is 13.9. The molecule has 0 aliphatic rings. The van der Waals surface area contributed by atoms with Gasteiger partial charge in [-0.25, -0.2) is 5.43 Å². The molecule has 1 N–H and O–H groups in total.